The van der Waals surface area contributed by atoms with Crippen LogP contribution in [0.5, 0.6) is 5.75 Å². The molecule has 64 valence electrons. The molecule has 1 aromatic carbocycles. The maximum absolute atomic E-state index is 5.32. The van der Waals surface area contributed by atoms with Crippen molar-refractivity contribution in [3.05, 3.63) is 42.2 Å². The molecule has 1 rings (SSSR count). The summed E-state index contributed by atoms with van der Waals surface area (Å²) in [5.41, 5.74) is 1.25. The van der Waals surface area contributed by atoms with Crippen molar-refractivity contribution in [1.82, 2.24) is 0 Å². The van der Waals surface area contributed by atoms with Gasteiger partial charge in [-0.15, -0.1) is 0 Å². The van der Waals surface area contributed by atoms with E-state index in [9.17, 15) is 0 Å². The van der Waals surface area contributed by atoms with E-state index in [0.29, 0.717) is 0 Å². The van der Waals surface area contributed by atoms with Gasteiger partial charge < -0.3 is 4.74 Å². The number of hydrogen-bond donors (Lipinski definition) is 0. The number of benzene rings is 1. The second-order valence-electron chi connectivity index (χ2n) is 2.71. The first kappa shape index (κ1) is 8.85. The Hall–Kier alpha value is -1.24. The molecule has 12 heavy (non-hydrogen) atoms. The Balaban J connectivity index is 2.53. The van der Waals surface area contributed by atoms with E-state index in [1.165, 1.54) is 5.56 Å². The van der Waals surface area contributed by atoms with Gasteiger partial charge in [0.05, 0.1) is 6.26 Å². The summed E-state index contributed by atoms with van der Waals surface area (Å²) in [6, 6.07) is 8.01. The minimum Gasteiger partial charge on any atom is -0.465 e. The molecule has 0 spiro atoms. The Kier molecular flexibility index (Phi) is 3.39. The number of ether oxygens (including phenoxy) is 1. The second-order valence-corrected chi connectivity index (χ2v) is 2.71. The summed E-state index contributed by atoms with van der Waals surface area (Å²) in [7, 11) is 0. The molecule has 1 nitrogen and oxygen atoms in total. The molecule has 1 aromatic rings. The highest BCUT2D eigenvalue weighted by Crippen LogP contribution is 2.11. The zero-order valence-electron chi connectivity index (χ0n) is 7.58. The maximum Gasteiger partial charge on any atom is 0.126 e. The average molecular weight is 162 g/mol. The van der Waals surface area contributed by atoms with Crippen LogP contribution in [0.1, 0.15) is 18.9 Å². The van der Waals surface area contributed by atoms with Crippen LogP contribution in [0.2, 0.25) is 0 Å². The molecule has 0 saturated heterocycles. The van der Waals surface area contributed by atoms with Gasteiger partial charge in [-0.05, 0) is 31.6 Å². The lowest BCUT2D eigenvalue weighted by molar-refractivity contribution is 0.479. The van der Waals surface area contributed by atoms with Crippen LogP contribution in [0.4, 0.5) is 0 Å². The van der Waals surface area contributed by atoms with Crippen molar-refractivity contribution in [2.75, 3.05) is 0 Å². The van der Waals surface area contributed by atoms with Gasteiger partial charge in [0, 0.05) is 0 Å². The molecular weight excluding hydrogens is 148 g/mol. The Morgan fingerprint density at radius 1 is 1.25 bits per heavy atom. The van der Waals surface area contributed by atoms with E-state index in [1.54, 1.807) is 6.26 Å². The van der Waals surface area contributed by atoms with Crippen LogP contribution >= 0.6 is 0 Å². The lowest BCUT2D eigenvalue weighted by Crippen LogP contribution is -1.81. The minimum absolute atomic E-state index is 0.894. The van der Waals surface area contributed by atoms with Crippen molar-refractivity contribution >= 4 is 0 Å². The third kappa shape index (κ3) is 2.79. The summed E-state index contributed by atoms with van der Waals surface area (Å²) in [5.74, 6) is 0.894. The second kappa shape index (κ2) is 4.60. The van der Waals surface area contributed by atoms with Crippen molar-refractivity contribution in [2.45, 2.75) is 20.3 Å². The zero-order valence-corrected chi connectivity index (χ0v) is 7.58. The average Bonchev–Trinajstić information content (AvgIpc) is 2.09. The van der Waals surface area contributed by atoms with E-state index in [0.717, 1.165) is 12.2 Å². The van der Waals surface area contributed by atoms with E-state index < -0.39 is 0 Å². The monoisotopic (exact) mass is 162 g/mol. The highest BCUT2D eigenvalue weighted by atomic mass is 16.5. The van der Waals surface area contributed by atoms with Gasteiger partial charge in [0.25, 0.3) is 0 Å². The smallest absolute Gasteiger partial charge is 0.126 e. The summed E-state index contributed by atoms with van der Waals surface area (Å²) in [5, 5.41) is 0. The van der Waals surface area contributed by atoms with E-state index in [4.69, 9.17) is 4.74 Å². The molecule has 0 unspecified atom stereocenters. The molecular formula is C11H14O. The first-order valence-electron chi connectivity index (χ1n) is 4.21. The van der Waals surface area contributed by atoms with Crippen molar-refractivity contribution < 1.29 is 4.74 Å². The molecule has 0 aliphatic carbocycles. The van der Waals surface area contributed by atoms with E-state index in [1.807, 2.05) is 30.3 Å². The first-order chi connectivity index (χ1) is 5.83. The van der Waals surface area contributed by atoms with Gasteiger partial charge in [-0.2, -0.15) is 0 Å². The molecule has 1 heteroatoms. The lowest BCUT2D eigenvalue weighted by Gasteiger charge is -1.99. The molecule has 0 aliphatic heterocycles. The largest absolute Gasteiger partial charge is 0.465 e. The van der Waals surface area contributed by atoms with Gasteiger partial charge in [-0.25, -0.2) is 0 Å². The van der Waals surface area contributed by atoms with Crippen molar-refractivity contribution in [1.29, 1.82) is 0 Å². The Morgan fingerprint density at radius 2 is 1.92 bits per heavy atom. The fourth-order valence-corrected chi connectivity index (χ4v) is 0.840. The van der Waals surface area contributed by atoms with Crippen molar-refractivity contribution in [2.24, 2.45) is 0 Å². The molecule has 0 aliphatic rings. The van der Waals surface area contributed by atoms with E-state index in [2.05, 4.69) is 13.8 Å². The highest BCUT2D eigenvalue weighted by molar-refractivity contribution is 5.26. The summed E-state index contributed by atoms with van der Waals surface area (Å²) < 4.78 is 5.32. The van der Waals surface area contributed by atoms with Gasteiger partial charge >= 0.3 is 0 Å². The van der Waals surface area contributed by atoms with Crippen LogP contribution in [-0.2, 0) is 0 Å². The van der Waals surface area contributed by atoms with Gasteiger partial charge in [-0.3, -0.25) is 0 Å². The molecule has 0 aromatic heterocycles. The Morgan fingerprint density at radius 3 is 2.50 bits per heavy atom. The van der Waals surface area contributed by atoms with Crippen LogP contribution in [0.3, 0.4) is 0 Å². The minimum atomic E-state index is 0.894. The normalized spacial score (nSPS) is 10.5. The molecule has 0 saturated carbocycles. The third-order valence-corrected chi connectivity index (χ3v) is 1.56. The molecule has 0 amide bonds. The van der Waals surface area contributed by atoms with Gasteiger partial charge in [0.2, 0.25) is 0 Å². The number of aryl methyl sites for hydroxylation is 1. The van der Waals surface area contributed by atoms with Crippen LogP contribution in [0, 0.1) is 6.92 Å². The van der Waals surface area contributed by atoms with E-state index in [-0.39, 0.29) is 0 Å². The first-order valence-corrected chi connectivity index (χ1v) is 4.21. The SMILES string of the molecule is CC/C=C/Oc1ccc(C)cc1. The topological polar surface area (TPSA) is 9.23 Å². The fourth-order valence-electron chi connectivity index (χ4n) is 0.840. The van der Waals surface area contributed by atoms with Gasteiger partial charge in [-0.1, -0.05) is 24.6 Å². The quantitative estimate of drug-likeness (QED) is 0.619. The van der Waals surface area contributed by atoms with Crippen molar-refractivity contribution in [3.63, 3.8) is 0 Å². The molecule has 0 bridgehead atoms. The van der Waals surface area contributed by atoms with Crippen molar-refractivity contribution in [3.8, 4) is 5.75 Å². The molecule has 0 atom stereocenters. The maximum atomic E-state index is 5.32. The summed E-state index contributed by atoms with van der Waals surface area (Å²) >= 11 is 0. The Bertz CT molecular complexity index is 246. The van der Waals surface area contributed by atoms with Gasteiger partial charge in [0.15, 0.2) is 0 Å². The van der Waals surface area contributed by atoms with Gasteiger partial charge in [0.1, 0.15) is 5.75 Å². The lowest BCUT2D eigenvalue weighted by atomic mass is 10.2. The summed E-state index contributed by atoms with van der Waals surface area (Å²) in [6.45, 7) is 4.14. The predicted molar refractivity (Wildman–Crippen MR) is 51.2 cm³/mol. The van der Waals surface area contributed by atoms with Crippen LogP contribution < -0.4 is 4.74 Å². The molecule has 0 fully saturated rings. The van der Waals surface area contributed by atoms with Crippen LogP contribution in [0.25, 0.3) is 0 Å². The Labute approximate surface area is 73.7 Å². The zero-order chi connectivity index (χ0) is 8.81. The number of hydrogen-bond acceptors (Lipinski definition) is 1. The number of rotatable bonds is 3. The van der Waals surface area contributed by atoms with E-state index >= 15 is 0 Å². The van der Waals surface area contributed by atoms with Crippen LogP contribution in [-0.4, -0.2) is 0 Å². The molecule has 0 heterocycles. The predicted octanol–water partition coefficient (Wildman–Crippen LogP) is 3.30. The summed E-state index contributed by atoms with van der Waals surface area (Å²) in [6.07, 6.45) is 4.72. The highest BCUT2D eigenvalue weighted by Gasteiger charge is 1.87. The number of allylic oxidation sites excluding steroid dienone is 1. The summed E-state index contributed by atoms with van der Waals surface area (Å²) in [4.78, 5) is 0. The third-order valence-electron chi connectivity index (χ3n) is 1.56. The fraction of sp³-hybridized carbons (Fsp3) is 0.273. The standard InChI is InChI=1S/C11H14O/c1-3-4-9-12-11-7-5-10(2)6-8-11/h4-9H,3H2,1-2H3/b9-4+. The molecule has 0 radical (unpaired) electrons. The molecule has 0 N–H and O–H groups in total. The van der Waals surface area contributed by atoms with Crippen LogP contribution in [0.15, 0.2) is 36.6 Å².